The number of alkyl halides is 2. The van der Waals surface area contributed by atoms with E-state index in [1.165, 1.54) is 30.3 Å². The standard InChI is InChI=1S/C22H18ClF2N3O4/c23-15-4-2-14(3-5-15)22(24,25)21(32)26-10-12-1-6-16-13(9-12)11-28(20(16)31)17-7-8-18(29)27-19(17)30/h1-6,9,17H,7-8,10-11H2,(H,26,32)(H,27,29,30)/t17-/m1/s1/i17D/hD. The van der Waals surface area contributed by atoms with Crippen LogP contribution in [0.1, 0.15) is 41.3 Å². The number of imide groups is 1. The summed E-state index contributed by atoms with van der Waals surface area (Å²) in [7, 11) is 0. The van der Waals surface area contributed by atoms with Crippen molar-refractivity contribution in [3.05, 3.63) is 69.7 Å². The number of nitrogens with one attached hydrogen (secondary N) is 2. The Bertz CT molecular complexity index is 1210. The molecule has 2 aromatic rings. The first-order chi connectivity index (χ1) is 15.9. The molecule has 2 aliphatic rings. The predicted octanol–water partition coefficient (Wildman–Crippen LogP) is 2.51. The average Bonchev–Trinajstić information content (AvgIpc) is 3.12. The second-order valence-electron chi connectivity index (χ2n) is 7.41. The van der Waals surface area contributed by atoms with E-state index in [1.807, 2.05) is 0 Å². The average molecular weight is 464 g/mol. The summed E-state index contributed by atoms with van der Waals surface area (Å²) in [6.45, 7) is -0.593. The summed E-state index contributed by atoms with van der Waals surface area (Å²) >= 11 is 5.70. The van der Waals surface area contributed by atoms with Crippen molar-refractivity contribution in [2.45, 2.75) is 37.9 Å². The molecule has 0 spiro atoms. The molecule has 4 rings (SSSR count). The third-order valence-electron chi connectivity index (χ3n) is 5.28. The van der Waals surface area contributed by atoms with Gasteiger partial charge < -0.3 is 10.2 Å². The molecule has 4 amide bonds. The Morgan fingerprint density at radius 1 is 1.25 bits per heavy atom. The van der Waals surface area contributed by atoms with Crippen molar-refractivity contribution in [1.29, 1.82) is 0 Å². The van der Waals surface area contributed by atoms with Gasteiger partial charge in [0.25, 0.3) is 11.8 Å². The van der Waals surface area contributed by atoms with Crippen LogP contribution in [0.15, 0.2) is 42.5 Å². The Balaban J connectivity index is 1.50. The van der Waals surface area contributed by atoms with Gasteiger partial charge in [-0.05, 0) is 35.7 Å². The molecule has 1 fully saturated rings. The van der Waals surface area contributed by atoms with E-state index in [1.54, 1.807) is 0 Å². The summed E-state index contributed by atoms with van der Waals surface area (Å²) in [5.74, 6) is -7.66. The number of amides is 4. The van der Waals surface area contributed by atoms with Gasteiger partial charge in [0.2, 0.25) is 11.8 Å². The number of benzene rings is 2. The second kappa shape index (κ2) is 8.31. The minimum Gasteiger partial charge on any atom is -0.346 e. The first kappa shape index (κ1) is 19.4. The van der Waals surface area contributed by atoms with Gasteiger partial charge in [-0.25, -0.2) is 0 Å². The molecule has 32 heavy (non-hydrogen) atoms. The zero-order valence-electron chi connectivity index (χ0n) is 18.5. The summed E-state index contributed by atoms with van der Waals surface area (Å²) in [5.41, 5.74) is 0.351. The van der Waals surface area contributed by atoms with Crippen LogP contribution < -0.4 is 10.6 Å². The highest BCUT2D eigenvalue weighted by molar-refractivity contribution is 6.30. The molecule has 1 atom stereocenters. The van der Waals surface area contributed by atoms with Crippen LogP contribution in [0, 0.1) is 0 Å². The van der Waals surface area contributed by atoms with Gasteiger partial charge in [0.15, 0.2) is 1.41 Å². The van der Waals surface area contributed by atoms with Crippen LogP contribution >= 0.6 is 11.6 Å². The molecular formula is C22H18ClF2N3O4. The number of halogens is 3. The molecule has 7 nitrogen and oxygen atoms in total. The number of carbonyl (C=O) groups excluding carboxylic acids is 4. The van der Waals surface area contributed by atoms with E-state index >= 15 is 0 Å². The van der Waals surface area contributed by atoms with Crippen molar-refractivity contribution >= 4 is 35.2 Å². The third-order valence-corrected chi connectivity index (χ3v) is 5.54. The van der Waals surface area contributed by atoms with Crippen LogP contribution in [-0.2, 0) is 33.4 Å². The van der Waals surface area contributed by atoms with Crippen LogP contribution in [-0.4, -0.2) is 34.5 Å². The lowest BCUT2D eigenvalue weighted by atomic mass is 10.0. The molecular weight excluding hydrogens is 444 g/mol. The fourth-order valence-electron chi connectivity index (χ4n) is 3.60. The lowest BCUT2D eigenvalue weighted by molar-refractivity contribution is -0.147. The summed E-state index contributed by atoms with van der Waals surface area (Å²) in [6.07, 6.45) is -0.239. The van der Waals surface area contributed by atoms with Gasteiger partial charge in [0.1, 0.15) is 6.02 Å². The van der Waals surface area contributed by atoms with Crippen LogP contribution in [0.5, 0.6) is 0 Å². The lowest BCUT2D eigenvalue weighted by Gasteiger charge is -2.29. The molecule has 0 aromatic heterocycles. The molecule has 0 unspecified atom stereocenters. The maximum atomic E-state index is 14.6. The van der Waals surface area contributed by atoms with Gasteiger partial charge in [0.05, 0.1) is 1.37 Å². The van der Waals surface area contributed by atoms with Crippen molar-refractivity contribution in [3.8, 4) is 0 Å². The van der Waals surface area contributed by atoms with Crippen molar-refractivity contribution < 1.29 is 30.7 Å². The first-order valence-corrected chi connectivity index (χ1v) is 10.0. The monoisotopic (exact) mass is 463 g/mol. The Morgan fingerprint density at radius 3 is 2.66 bits per heavy atom. The molecule has 1 saturated heterocycles. The van der Waals surface area contributed by atoms with Crippen LogP contribution in [0.25, 0.3) is 0 Å². The smallest absolute Gasteiger partial charge is 0.346 e. The number of rotatable bonds is 5. The van der Waals surface area contributed by atoms with Crippen molar-refractivity contribution in [1.82, 2.24) is 15.5 Å². The number of hydrogen-bond donors (Lipinski definition) is 2. The number of nitrogens with zero attached hydrogens (tertiary/aromatic N) is 1. The second-order valence-corrected chi connectivity index (χ2v) is 7.85. The highest BCUT2D eigenvalue weighted by atomic mass is 35.5. The zero-order valence-corrected chi connectivity index (χ0v) is 17.3. The molecule has 166 valence electrons. The highest BCUT2D eigenvalue weighted by Gasteiger charge is 2.41. The minimum absolute atomic E-state index is 0.0850. The largest absolute Gasteiger partial charge is 0.349 e. The number of fused-ring (bicyclic) bond motifs is 1. The molecule has 0 aliphatic carbocycles. The van der Waals surface area contributed by atoms with E-state index in [0.29, 0.717) is 11.1 Å². The van der Waals surface area contributed by atoms with E-state index in [4.69, 9.17) is 14.4 Å². The maximum Gasteiger partial charge on any atom is 0.349 e. The van der Waals surface area contributed by atoms with Gasteiger partial charge in [-0.3, -0.25) is 24.5 Å². The quantitative estimate of drug-likeness (QED) is 0.666. The Labute approximate surface area is 189 Å². The number of piperidine rings is 1. The van der Waals surface area contributed by atoms with Gasteiger partial charge in [-0.15, -0.1) is 0 Å². The SMILES string of the molecule is [2H]N(Cc1ccc2c(c1)CN([C@]1([2H])CCC(=O)NC1=O)C2=O)C(=O)C(F)(F)c1ccc(Cl)cc1. The van der Waals surface area contributed by atoms with Crippen LogP contribution in [0.3, 0.4) is 0 Å². The molecule has 10 heteroatoms. The molecule has 2 aliphatic heterocycles. The summed E-state index contributed by atoms with van der Waals surface area (Å²) in [5, 5.41) is 2.43. The van der Waals surface area contributed by atoms with Gasteiger partial charge in [-0.2, -0.15) is 8.78 Å². The van der Waals surface area contributed by atoms with E-state index in [-0.39, 0.29) is 35.3 Å². The Morgan fingerprint density at radius 2 is 1.97 bits per heavy atom. The van der Waals surface area contributed by atoms with E-state index in [0.717, 1.165) is 17.0 Å². The molecule has 2 N–H and O–H groups in total. The van der Waals surface area contributed by atoms with Crippen LogP contribution in [0.4, 0.5) is 8.78 Å². The van der Waals surface area contributed by atoms with Crippen molar-refractivity contribution in [2.75, 3.05) is 0 Å². The summed E-state index contributed by atoms with van der Waals surface area (Å²) in [6, 6.07) is 6.79. The number of carbonyl (C=O) groups is 4. The Hall–Kier alpha value is -3.33. The van der Waals surface area contributed by atoms with Crippen molar-refractivity contribution in [2.24, 2.45) is 0 Å². The van der Waals surface area contributed by atoms with Gasteiger partial charge >= 0.3 is 5.92 Å². The Kier molecular flexibility index (Phi) is 5.03. The lowest BCUT2D eigenvalue weighted by Crippen LogP contribution is -2.52. The zero-order chi connectivity index (χ0) is 24.8. The molecule has 2 aromatic carbocycles. The normalized spacial score (nSPS) is 21.6. The molecule has 0 bridgehead atoms. The maximum absolute atomic E-state index is 14.6. The highest BCUT2D eigenvalue weighted by Crippen LogP contribution is 2.30. The summed E-state index contributed by atoms with van der Waals surface area (Å²) < 4.78 is 45.5. The molecule has 0 radical (unpaired) electrons. The molecule has 0 saturated carbocycles. The van der Waals surface area contributed by atoms with Crippen molar-refractivity contribution in [3.63, 3.8) is 0 Å². The number of hydrogen-bond acceptors (Lipinski definition) is 4. The fourth-order valence-corrected chi connectivity index (χ4v) is 3.73. The topological polar surface area (TPSA) is 95.6 Å². The molecule has 2 heterocycles. The van der Waals surface area contributed by atoms with Gasteiger partial charge in [0, 0.05) is 35.7 Å². The minimum atomic E-state index is -3.95. The fraction of sp³-hybridized carbons (Fsp3) is 0.273. The van der Waals surface area contributed by atoms with E-state index < -0.39 is 47.7 Å². The van der Waals surface area contributed by atoms with E-state index in [2.05, 4.69) is 5.32 Å². The first-order valence-electron chi connectivity index (χ1n) is 10.6. The third kappa shape index (κ3) is 4.08. The predicted molar refractivity (Wildman–Crippen MR) is 110 cm³/mol. The van der Waals surface area contributed by atoms with Crippen LogP contribution in [0.2, 0.25) is 6.43 Å². The van der Waals surface area contributed by atoms with Gasteiger partial charge in [-0.1, -0.05) is 35.9 Å². The van der Waals surface area contributed by atoms with E-state index in [9.17, 15) is 28.0 Å². The summed E-state index contributed by atoms with van der Waals surface area (Å²) in [4.78, 5) is 49.8.